The summed E-state index contributed by atoms with van der Waals surface area (Å²) in [6, 6.07) is 7.83. The molecule has 0 bridgehead atoms. The van der Waals surface area contributed by atoms with Crippen LogP contribution in [0.3, 0.4) is 0 Å². The normalized spacial score (nSPS) is 11.2. The van der Waals surface area contributed by atoms with E-state index in [1.54, 1.807) is 43.2 Å². The van der Waals surface area contributed by atoms with Gasteiger partial charge in [-0.25, -0.2) is 14.4 Å². The Kier molecular flexibility index (Phi) is 6.97. The molecule has 0 atom stereocenters. The number of methoxy groups -OCH3 is 1. The van der Waals surface area contributed by atoms with E-state index >= 15 is 0 Å². The number of ether oxygens (including phenoxy) is 1. The van der Waals surface area contributed by atoms with E-state index in [4.69, 9.17) is 4.74 Å². The van der Waals surface area contributed by atoms with Crippen molar-refractivity contribution in [1.29, 1.82) is 0 Å². The SMILES string of the molecule is COc1cc(N(C)CCN(C)C)c([N+](=O)[O-])cc1Nc1nccc(-c2cc(F)c3nn(C)cc3c2)n1. The molecular formula is C24H27FN8O3. The lowest BCUT2D eigenvalue weighted by Gasteiger charge is -2.22. The van der Waals surface area contributed by atoms with E-state index in [1.807, 2.05) is 23.9 Å². The van der Waals surface area contributed by atoms with Crippen molar-refractivity contribution in [1.82, 2.24) is 24.6 Å². The van der Waals surface area contributed by atoms with Gasteiger partial charge in [0.15, 0.2) is 5.82 Å². The Hall–Kier alpha value is -4.32. The van der Waals surface area contributed by atoms with Crippen molar-refractivity contribution in [3.63, 3.8) is 0 Å². The molecule has 0 fully saturated rings. The van der Waals surface area contributed by atoms with Gasteiger partial charge in [-0.2, -0.15) is 5.10 Å². The number of anilines is 3. The van der Waals surface area contributed by atoms with Crippen LogP contribution in [-0.4, -0.2) is 70.9 Å². The van der Waals surface area contributed by atoms with Crippen molar-refractivity contribution < 1.29 is 14.1 Å². The quantitative estimate of drug-likeness (QED) is 0.274. The van der Waals surface area contributed by atoms with Gasteiger partial charge in [-0.3, -0.25) is 14.8 Å². The minimum Gasteiger partial charge on any atom is -0.494 e. The molecule has 0 aliphatic rings. The van der Waals surface area contributed by atoms with E-state index in [2.05, 4.69) is 20.4 Å². The minimum absolute atomic E-state index is 0.0835. The summed E-state index contributed by atoms with van der Waals surface area (Å²) in [4.78, 5) is 24.0. The molecule has 0 aliphatic heterocycles. The van der Waals surface area contributed by atoms with Crippen molar-refractivity contribution in [3.8, 4) is 17.0 Å². The number of hydrogen-bond donors (Lipinski definition) is 1. The van der Waals surface area contributed by atoms with Gasteiger partial charge in [0, 0.05) is 62.7 Å². The fraction of sp³-hybridized carbons (Fsp3) is 0.292. The molecule has 2 aromatic heterocycles. The lowest BCUT2D eigenvalue weighted by molar-refractivity contribution is -0.384. The molecule has 0 saturated heterocycles. The molecule has 0 amide bonds. The molecule has 4 aromatic rings. The standard InChI is InChI=1S/C24H27FN8O3/c1-30(2)8-9-31(3)20-13-22(36-5)19(12-21(20)33(34)35)28-24-26-7-6-18(27-24)15-10-16-14-32(4)29-23(16)17(25)11-15/h6-7,10-14H,8-9H2,1-5H3,(H,26,27,28). The number of likely N-dealkylation sites (N-methyl/N-ethyl adjacent to an activating group) is 2. The van der Waals surface area contributed by atoms with Crippen molar-refractivity contribution in [2.45, 2.75) is 0 Å². The summed E-state index contributed by atoms with van der Waals surface area (Å²) >= 11 is 0. The van der Waals surface area contributed by atoms with Gasteiger partial charge in [-0.05, 0) is 32.3 Å². The number of nitrogens with one attached hydrogen (secondary N) is 1. The van der Waals surface area contributed by atoms with Crippen LogP contribution in [0.2, 0.25) is 0 Å². The lowest BCUT2D eigenvalue weighted by Crippen LogP contribution is -2.28. The van der Waals surface area contributed by atoms with Crippen LogP contribution in [0, 0.1) is 15.9 Å². The molecule has 188 valence electrons. The molecule has 1 N–H and O–H groups in total. The van der Waals surface area contributed by atoms with Gasteiger partial charge in [0.05, 0.1) is 23.4 Å². The number of nitrogens with zero attached hydrogens (tertiary/aromatic N) is 7. The fourth-order valence-electron chi connectivity index (χ4n) is 3.81. The molecule has 0 radical (unpaired) electrons. The van der Waals surface area contributed by atoms with Gasteiger partial charge < -0.3 is 19.9 Å². The predicted molar refractivity (Wildman–Crippen MR) is 136 cm³/mol. The van der Waals surface area contributed by atoms with Gasteiger partial charge in [0.1, 0.15) is 17.0 Å². The third-order valence-electron chi connectivity index (χ3n) is 5.66. The van der Waals surface area contributed by atoms with Gasteiger partial charge in [-0.15, -0.1) is 0 Å². The van der Waals surface area contributed by atoms with E-state index in [-0.39, 0.29) is 17.2 Å². The maximum absolute atomic E-state index is 14.6. The Morgan fingerprint density at radius 3 is 2.67 bits per heavy atom. The third-order valence-corrected chi connectivity index (χ3v) is 5.66. The summed E-state index contributed by atoms with van der Waals surface area (Å²) in [5.74, 6) is 0.118. The Morgan fingerprint density at radius 2 is 1.97 bits per heavy atom. The number of nitro benzene ring substituents is 1. The Bertz CT molecular complexity index is 1420. The summed E-state index contributed by atoms with van der Waals surface area (Å²) in [5.41, 5.74) is 1.99. The van der Waals surface area contributed by atoms with Crippen molar-refractivity contribution in [3.05, 3.63) is 58.7 Å². The molecule has 2 heterocycles. The van der Waals surface area contributed by atoms with E-state index in [9.17, 15) is 14.5 Å². The fourth-order valence-corrected chi connectivity index (χ4v) is 3.81. The van der Waals surface area contributed by atoms with Crippen LogP contribution in [0.1, 0.15) is 0 Å². The zero-order valence-corrected chi connectivity index (χ0v) is 20.7. The number of rotatable bonds is 9. The molecule has 0 spiro atoms. The first-order valence-electron chi connectivity index (χ1n) is 11.1. The van der Waals surface area contributed by atoms with Crippen LogP contribution in [0.5, 0.6) is 5.75 Å². The van der Waals surface area contributed by atoms with Gasteiger partial charge in [-0.1, -0.05) is 0 Å². The maximum Gasteiger partial charge on any atom is 0.294 e. The molecule has 36 heavy (non-hydrogen) atoms. The first-order valence-corrected chi connectivity index (χ1v) is 11.1. The molecule has 2 aromatic carbocycles. The highest BCUT2D eigenvalue weighted by Gasteiger charge is 2.22. The van der Waals surface area contributed by atoms with Gasteiger partial charge in [0.25, 0.3) is 5.69 Å². The number of fused-ring (bicyclic) bond motifs is 1. The van der Waals surface area contributed by atoms with Crippen molar-refractivity contribution in [2.24, 2.45) is 7.05 Å². The van der Waals surface area contributed by atoms with Crippen LogP contribution in [0.25, 0.3) is 22.2 Å². The molecule has 4 rings (SSSR count). The van der Waals surface area contributed by atoms with Gasteiger partial charge >= 0.3 is 0 Å². The number of halogens is 1. The average molecular weight is 495 g/mol. The first-order chi connectivity index (χ1) is 17.2. The Balaban J connectivity index is 1.68. The van der Waals surface area contributed by atoms with Crippen LogP contribution in [-0.2, 0) is 7.05 Å². The maximum atomic E-state index is 14.6. The molecular weight excluding hydrogens is 467 g/mol. The summed E-state index contributed by atoms with van der Waals surface area (Å²) in [6.45, 7) is 1.31. The third kappa shape index (κ3) is 5.18. The molecule has 0 unspecified atom stereocenters. The highest BCUT2D eigenvalue weighted by Crippen LogP contribution is 2.39. The largest absolute Gasteiger partial charge is 0.494 e. The number of aromatic nitrogens is 4. The van der Waals surface area contributed by atoms with E-state index in [0.29, 0.717) is 40.3 Å². The van der Waals surface area contributed by atoms with Crippen LogP contribution in [0.4, 0.5) is 27.4 Å². The smallest absolute Gasteiger partial charge is 0.294 e. The summed E-state index contributed by atoms with van der Waals surface area (Å²) < 4.78 is 21.7. The summed E-state index contributed by atoms with van der Waals surface area (Å²) in [6.07, 6.45) is 3.25. The average Bonchev–Trinajstić information content (AvgIpc) is 3.23. The van der Waals surface area contributed by atoms with E-state index < -0.39 is 10.7 Å². The van der Waals surface area contributed by atoms with Crippen molar-refractivity contribution in [2.75, 3.05) is 51.6 Å². The van der Waals surface area contributed by atoms with Crippen LogP contribution >= 0.6 is 0 Å². The van der Waals surface area contributed by atoms with Crippen molar-refractivity contribution >= 4 is 33.9 Å². The Labute approximate surface area is 207 Å². The highest BCUT2D eigenvalue weighted by atomic mass is 19.1. The zero-order valence-electron chi connectivity index (χ0n) is 20.7. The summed E-state index contributed by atoms with van der Waals surface area (Å²) in [5, 5.41) is 19.7. The highest BCUT2D eigenvalue weighted by molar-refractivity contribution is 5.84. The Morgan fingerprint density at radius 1 is 1.19 bits per heavy atom. The van der Waals surface area contributed by atoms with Gasteiger partial charge in [0.2, 0.25) is 5.95 Å². The first kappa shape index (κ1) is 24.8. The minimum atomic E-state index is -0.456. The second-order valence-electron chi connectivity index (χ2n) is 8.61. The zero-order chi connectivity index (χ0) is 26.0. The second kappa shape index (κ2) is 10.1. The molecule has 0 saturated carbocycles. The number of benzene rings is 2. The number of nitro groups is 1. The van der Waals surface area contributed by atoms with Crippen LogP contribution < -0.4 is 15.0 Å². The summed E-state index contributed by atoms with van der Waals surface area (Å²) in [7, 11) is 8.88. The lowest BCUT2D eigenvalue weighted by atomic mass is 10.1. The van der Waals surface area contributed by atoms with E-state index in [0.717, 1.165) is 6.54 Å². The number of hydrogen-bond acceptors (Lipinski definition) is 9. The topological polar surface area (TPSA) is 114 Å². The number of aryl methyl sites for hydroxylation is 1. The van der Waals surface area contributed by atoms with E-state index in [1.165, 1.54) is 25.4 Å². The predicted octanol–water partition coefficient (Wildman–Crippen LogP) is 3.83. The molecule has 11 nitrogen and oxygen atoms in total. The molecule has 0 aliphatic carbocycles. The molecule has 12 heteroatoms. The monoisotopic (exact) mass is 494 g/mol. The van der Waals surface area contributed by atoms with Crippen LogP contribution in [0.15, 0.2) is 42.7 Å². The second-order valence-corrected chi connectivity index (χ2v) is 8.61.